The number of nitrogens with one attached hydrogen (secondary N) is 3. The number of amides is 4. The summed E-state index contributed by atoms with van der Waals surface area (Å²) in [5.41, 5.74) is 1.21. The second kappa shape index (κ2) is 8.08. The Labute approximate surface area is 161 Å². The first kappa shape index (κ1) is 19.3. The number of aryl methyl sites for hydroxylation is 1. The van der Waals surface area contributed by atoms with Crippen LogP contribution in [0.15, 0.2) is 0 Å². The van der Waals surface area contributed by atoms with Crippen molar-refractivity contribution >= 4 is 40.2 Å². The molecule has 2 aliphatic carbocycles. The molecule has 9 heteroatoms. The number of thiophene rings is 1. The van der Waals surface area contributed by atoms with Crippen LogP contribution in [0.2, 0.25) is 0 Å². The summed E-state index contributed by atoms with van der Waals surface area (Å²) in [5, 5.41) is 7.96. The van der Waals surface area contributed by atoms with Gasteiger partial charge in [0.25, 0.3) is 5.91 Å². The third-order valence-corrected chi connectivity index (χ3v) is 5.67. The van der Waals surface area contributed by atoms with Crippen molar-refractivity contribution < 1.29 is 23.9 Å². The highest BCUT2D eigenvalue weighted by atomic mass is 32.1. The molecule has 0 spiro atoms. The van der Waals surface area contributed by atoms with Crippen molar-refractivity contribution in [3.8, 4) is 0 Å². The van der Waals surface area contributed by atoms with Gasteiger partial charge in [0.1, 0.15) is 5.00 Å². The van der Waals surface area contributed by atoms with Gasteiger partial charge in [0.2, 0.25) is 5.91 Å². The van der Waals surface area contributed by atoms with Crippen molar-refractivity contribution in [3.05, 3.63) is 16.0 Å². The zero-order valence-electron chi connectivity index (χ0n) is 15.3. The van der Waals surface area contributed by atoms with Crippen LogP contribution in [0.3, 0.4) is 0 Å². The molecule has 27 heavy (non-hydrogen) atoms. The number of rotatable bonds is 5. The minimum atomic E-state index is -1.13. The number of carbonyl (C=O) groups is 4. The van der Waals surface area contributed by atoms with E-state index in [0.29, 0.717) is 10.6 Å². The number of imide groups is 1. The summed E-state index contributed by atoms with van der Waals surface area (Å²) in [7, 11) is 0. The van der Waals surface area contributed by atoms with Gasteiger partial charge in [-0.3, -0.25) is 14.9 Å². The lowest BCUT2D eigenvalue weighted by atomic mass is 9.95. The van der Waals surface area contributed by atoms with Gasteiger partial charge in [-0.2, -0.15) is 0 Å². The van der Waals surface area contributed by atoms with Gasteiger partial charge in [-0.25, -0.2) is 9.59 Å². The number of hydrogen-bond acceptors (Lipinski definition) is 6. The molecule has 146 valence electrons. The molecule has 0 saturated heterocycles. The van der Waals surface area contributed by atoms with Crippen LogP contribution in [0, 0.1) is 0 Å². The molecule has 3 N–H and O–H groups in total. The summed E-state index contributed by atoms with van der Waals surface area (Å²) in [4.78, 5) is 49.0. The van der Waals surface area contributed by atoms with E-state index in [1.807, 2.05) is 0 Å². The number of ether oxygens (including phenoxy) is 1. The van der Waals surface area contributed by atoms with E-state index in [-0.39, 0.29) is 11.9 Å². The molecule has 0 radical (unpaired) electrons. The molecule has 1 aromatic rings. The van der Waals surface area contributed by atoms with Crippen LogP contribution in [0.1, 0.15) is 60.3 Å². The largest absolute Gasteiger partial charge is 0.449 e. The Morgan fingerprint density at radius 3 is 2.52 bits per heavy atom. The summed E-state index contributed by atoms with van der Waals surface area (Å²) in [5.74, 6) is -1.62. The normalized spacial score (nSPS) is 16.7. The Kier molecular flexibility index (Phi) is 5.79. The molecule has 4 amide bonds. The molecule has 8 nitrogen and oxygen atoms in total. The van der Waals surface area contributed by atoms with E-state index in [9.17, 15) is 19.2 Å². The Balaban J connectivity index is 1.68. The lowest BCUT2D eigenvalue weighted by Gasteiger charge is -2.16. The quantitative estimate of drug-likeness (QED) is 0.663. The first-order valence-electron chi connectivity index (χ1n) is 9.09. The summed E-state index contributed by atoms with van der Waals surface area (Å²) >= 11 is 1.38. The average Bonchev–Trinajstić information content (AvgIpc) is 3.32. The highest BCUT2D eigenvalue weighted by Crippen LogP contribution is 2.38. The molecule has 1 atom stereocenters. The van der Waals surface area contributed by atoms with Gasteiger partial charge in [0.05, 0.1) is 5.56 Å². The molecule has 0 aromatic carbocycles. The minimum Gasteiger partial charge on any atom is -0.449 e. The fourth-order valence-electron chi connectivity index (χ4n) is 2.97. The standard InChI is InChI=1S/C18H23N3O5S/c1-9(15(23)21-18(25)20-11-7-8-11)26-17(24)14-12-5-3-4-6-13(12)27-16(14)19-10(2)22/h9,11H,3-8H2,1-2H3,(H,19,22)(H2,20,21,23,25)/t9-/m0/s1. The van der Waals surface area contributed by atoms with Crippen LogP contribution in [0.5, 0.6) is 0 Å². The van der Waals surface area contributed by atoms with Crippen LogP contribution in [0.4, 0.5) is 9.80 Å². The Morgan fingerprint density at radius 1 is 1.15 bits per heavy atom. The number of carbonyl (C=O) groups excluding carboxylic acids is 4. The number of hydrogen-bond donors (Lipinski definition) is 3. The van der Waals surface area contributed by atoms with E-state index in [2.05, 4.69) is 16.0 Å². The van der Waals surface area contributed by atoms with Crippen LogP contribution in [-0.4, -0.2) is 36.0 Å². The third-order valence-electron chi connectivity index (χ3n) is 4.47. The second-order valence-corrected chi connectivity index (χ2v) is 7.99. The van der Waals surface area contributed by atoms with E-state index in [1.54, 1.807) is 0 Å². The van der Waals surface area contributed by atoms with E-state index >= 15 is 0 Å². The zero-order chi connectivity index (χ0) is 19.6. The number of fused-ring (bicyclic) bond motifs is 1. The van der Waals surface area contributed by atoms with Crippen LogP contribution in [0.25, 0.3) is 0 Å². The smallest absolute Gasteiger partial charge is 0.342 e. The van der Waals surface area contributed by atoms with Gasteiger partial charge < -0.3 is 15.4 Å². The van der Waals surface area contributed by atoms with E-state index in [0.717, 1.165) is 49.0 Å². The van der Waals surface area contributed by atoms with E-state index in [4.69, 9.17) is 4.74 Å². The lowest BCUT2D eigenvalue weighted by Crippen LogP contribution is -2.45. The van der Waals surface area contributed by atoms with Crippen molar-refractivity contribution in [2.75, 3.05) is 5.32 Å². The molecule has 1 heterocycles. The third kappa shape index (κ3) is 4.85. The maximum atomic E-state index is 12.7. The first-order valence-corrected chi connectivity index (χ1v) is 9.91. The Morgan fingerprint density at radius 2 is 1.85 bits per heavy atom. The number of anilines is 1. The first-order chi connectivity index (χ1) is 12.8. The predicted molar refractivity (Wildman–Crippen MR) is 99.8 cm³/mol. The SMILES string of the molecule is CC(=O)Nc1sc2c(c1C(=O)O[C@@H](C)C(=O)NC(=O)NC1CC1)CCCC2. The van der Waals surface area contributed by atoms with E-state index < -0.39 is 24.0 Å². The maximum absolute atomic E-state index is 12.7. The van der Waals surface area contributed by atoms with Crippen molar-refractivity contribution in [3.63, 3.8) is 0 Å². The average molecular weight is 393 g/mol. The van der Waals surface area contributed by atoms with Crippen molar-refractivity contribution in [2.45, 2.75) is 64.5 Å². The second-order valence-electron chi connectivity index (χ2n) is 6.88. The topological polar surface area (TPSA) is 114 Å². The zero-order valence-corrected chi connectivity index (χ0v) is 16.2. The van der Waals surface area contributed by atoms with Gasteiger partial charge in [-0.1, -0.05) is 0 Å². The Bertz CT molecular complexity index is 784. The molecule has 2 aliphatic rings. The Hall–Kier alpha value is -2.42. The summed E-state index contributed by atoms with van der Waals surface area (Å²) < 4.78 is 5.29. The molecule has 0 unspecified atom stereocenters. The van der Waals surface area contributed by atoms with Crippen LogP contribution in [-0.2, 0) is 27.2 Å². The molecule has 1 aromatic heterocycles. The summed E-state index contributed by atoms with van der Waals surface area (Å²) in [6, 6.07) is -0.467. The highest BCUT2D eigenvalue weighted by molar-refractivity contribution is 7.17. The van der Waals surface area contributed by atoms with Crippen molar-refractivity contribution in [1.29, 1.82) is 0 Å². The monoisotopic (exact) mass is 393 g/mol. The summed E-state index contributed by atoms with van der Waals surface area (Å²) in [6.45, 7) is 2.79. The summed E-state index contributed by atoms with van der Waals surface area (Å²) in [6.07, 6.45) is 4.27. The van der Waals surface area contributed by atoms with E-state index in [1.165, 1.54) is 25.2 Å². The number of esters is 1. The highest BCUT2D eigenvalue weighted by Gasteiger charge is 2.30. The fourth-order valence-corrected chi connectivity index (χ4v) is 4.29. The van der Waals surface area contributed by atoms with Crippen molar-refractivity contribution in [2.24, 2.45) is 0 Å². The molecule has 3 rings (SSSR count). The predicted octanol–water partition coefficient (Wildman–Crippen LogP) is 2.12. The lowest BCUT2D eigenvalue weighted by molar-refractivity contribution is -0.128. The van der Waals surface area contributed by atoms with Gasteiger partial charge in [-0.15, -0.1) is 11.3 Å². The molecular formula is C18H23N3O5S. The minimum absolute atomic E-state index is 0.119. The van der Waals surface area contributed by atoms with Gasteiger partial charge >= 0.3 is 12.0 Å². The molecule has 1 fully saturated rings. The fraction of sp³-hybridized carbons (Fsp3) is 0.556. The van der Waals surface area contributed by atoms with Crippen LogP contribution >= 0.6 is 11.3 Å². The van der Waals surface area contributed by atoms with Crippen LogP contribution < -0.4 is 16.0 Å². The molecule has 1 saturated carbocycles. The molecule has 0 bridgehead atoms. The maximum Gasteiger partial charge on any atom is 0.342 e. The molecular weight excluding hydrogens is 370 g/mol. The van der Waals surface area contributed by atoms with Gasteiger partial charge in [-0.05, 0) is 51.0 Å². The number of urea groups is 1. The van der Waals surface area contributed by atoms with Gasteiger partial charge in [0.15, 0.2) is 6.10 Å². The van der Waals surface area contributed by atoms with Gasteiger partial charge in [0, 0.05) is 17.8 Å². The molecule has 0 aliphatic heterocycles. The van der Waals surface area contributed by atoms with Crippen molar-refractivity contribution in [1.82, 2.24) is 10.6 Å².